The van der Waals surface area contributed by atoms with Crippen LogP contribution in [0, 0.1) is 0 Å². The first-order chi connectivity index (χ1) is 8.68. The molecule has 0 bridgehead atoms. The third-order valence-corrected chi connectivity index (χ3v) is 3.95. The quantitative estimate of drug-likeness (QED) is 0.861. The second-order valence-electron chi connectivity index (χ2n) is 5.47. The Labute approximate surface area is 109 Å². The highest BCUT2D eigenvalue weighted by Crippen LogP contribution is 2.26. The minimum absolute atomic E-state index is 0.172. The van der Waals surface area contributed by atoms with E-state index in [9.17, 15) is 5.11 Å². The topological polar surface area (TPSA) is 32.7 Å². The highest BCUT2D eigenvalue weighted by atomic mass is 16.5. The van der Waals surface area contributed by atoms with Crippen LogP contribution >= 0.6 is 0 Å². The van der Waals surface area contributed by atoms with Crippen molar-refractivity contribution in [3.63, 3.8) is 0 Å². The van der Waals surface area contributed by atoms with Gasteiger partial charge in [-0.05, 0) is 12.0 Å². The highest BCUT2D eigenvalue weighted by Gasteiger charge is 2.32. The summed E-state index contributed by atoms with van der Waals surface area (Å²) in [6.07, 6.45) is 1.44. The van der Waals surface area contributed by atoms with Crippen molar-refractivity contribution in [1.29, 1.82) is 0 Å². The number of hydrogen-bond donors (Lipinski definition) is 1. The molecule has 0 aromatic heterocycles. The molecule has 1 heterocycles. The minimum atomic E-state index is -0.191. The van der Waals surface area contributed by atoms with Crippen LogP contribution in [0.15, 0.2) is 30.3 Å². The highest BCUT2D eigenvalue weighted by molar-refractivity contribution is 5.25. The van der Waals surface area contributed by atoms with Gasteiger partial charge in [-0.2, -0.15) is 0 Å². The maximum atomic E-state index is 9.76. The average Bonchev–Trinajstić information content (AvgIpc) is 2.87. The van der Waals surface area contributed by atoms with E-state index in [1.54, 1.807) is 7.11 Å². The normalized spacial score (nSPS) is 24.1. The number of likely N-dealkylation sites (tertiary alicyclic amines) is 1. The van der Waals surface area contributed by atoms with Crippen molar-refractivity contribution in [2.45, 2.75) is 24.9 Å². The molecule has 1 aliphatic heterocycles. The molecule has 0 saturated carbocycles. The zero-order valence-electron chi connectivity index (χ0n) is 11.3. The molecule has 2 rings (SSSR count). The van der Waals surface area contributed by atoms with Crippen LogP contribution < -0.4 is 0 Å². The molecule has 2 unspecified atom stereocenters. The van der Waals surface area contributed by atoms with E-state index in [-0.39, 0.29) is 12.0 Å². The number of aliphatic hydroxyl groups is 1. The second kappa shape index (κ2) is 5.83. The first kappa shape index (κ1) is 13.5. The van der Waals surface area contributed by atoms with Crippen molar-refractivity contribution in [3.8, 4) is 0 Å². The van der Waals surface area contributed by atoms with E-state index in [1.165, 1.54) is 5.56 Å². The molecule has 3 heteroatoms. The average molecular weight is 249 g/mol. The Morgan fingerprint density at radius 2 is 2.11 bits per heavy atom. The molecular formula is C15H23NO2. The van der Waals surface area contributed by atoms with Crippen molar-refractivity contribution in [2.75, 3.05) is 33.4 Å². The first-order valence-electron chi connectivity index (χ1n) is 6.59. The molecular weight excluding hydrogens is 226 g/mol. The Kier molecular flexibility index (Phi) is 4.38. The summed E-state index contributed by atoms with van der Waals surface area (Å²) in [5, 5.41) is 9.76. The summed E-state index contributed by atoms with van der Waals surface area (Å²) in [6.45, 7) is 5.21. The lowest BCUT2D eigenvalue weighted by atomic mass is 9.83. The number of ether oxygens (including phenoxy) is 1. The molecule has 1 aromatic carbocycles. The van der Waals surface area contributed by atoms with Crippen molar-refractivity contribution in [3.05, 3.63) is 35.9 Å². The number of rotatable bonds is 5. The zero-order chi connectivity index (χ0) is 13.0. The standard InChI is InChI=1S/C15H23NO2/c1-15(12-17,13-6-4-3-5-7-13)11-16-9-8-14(10-16)18-2/h3-7,14,17H,8-12H2,1-2H3. The molecule has 0 aliphatic carbocycles. The monoisotopic (exact) mass is 249 g/mol. The van der Waals surface area contributed by atoms with Crippen LogP contribution in [-0.2, 0) is 10.2 Å². The van der Waals surface area contributed by atoms with E-state index in [4.69, 9.17) is 4.74 Å². The molecule has 2 atom stereocenters. The Hall–Kier alpha value is -0.900. The summed E-state index contributed by atoms with van der Waals surface area (Å²) in [5.74, 6) is 0. The van der Waals surface area contributed by atoms with Gasteiger partial charge in [-0.1, -0.05) is 37.3 Å². The van der Waals surface area contributed by atoms with E-state index in [2.05, 4.69) is 24.0 Å². The van der Waals surface area contributed by atoms with Crippen LogP contribution in [0.5, 0.6) is 0 Å². The second-order valence-corrected chi connectivity index (χ2v) is 5.47. The number of nitrogens with zero attached hydrogens (tertiary/aromatic N) is 1. The largest absolute Gasteiger partial charge is 0.395 e. The fourth-order valence-corrected chi connectivity index (χ4v) is 2.70. The summed E-state index contributed by atoms with van der Waals surface area (Å²) < 4.78 is 5.39. The third kappa shape index (κ3) is 2.91. The van der Waals surface area contributed by atoms with Crippen LogP contribution in [0.4, 0.5) is 0 Å². The van der Waals surface area contributed by atoms with Crippen LogP contribution in [0.1, 0.15) is 18.9 Å². The molecule has 3 nitrogen and oxygen atoms in total. The molecule has 1 aromatic rings. The predicted octanol–water partition coefficient (Wildman–Crippen LogP) is 1.66. The lowest BCUT2D eigenvalue weighted by Gasteiger charge is -2.32. The molecule has 0 amide bonds. The Balaban J connectivity index is 2.05. The number of aliphatic hydroxyl groups excluding tert-OH is 1. The fraction of sp³-hybridized carbons (Fsp3) is 0.600. The lowest BCUT2D eigenvalue weighted by molar-refractivity contribution is 0.0987. The van der Waals surface area contributed by atoms with Crippen molar-refractivity contribution >= 4 is 0 Å². The van der Waals surface area contributed by atoms with Crippen LogP contribution in [0.2, 0.25) is 0 Å². The SMILES string of the molecule is COC1CCN(CC(C)(CO)c2ccccc2)C1. The van der Waals surface area contributed by atoms with Gasteiger partial charge in [0.05, 0.1) is 12.7 Å². The molecule has 100 valence electrons. The third-order valence-electron chi connectivity index (χ3n) is 3.95. The van der Waals surface area contributed by atoms with Gasteiger partial charge in [0, 0.05) is 32.2 Å². The van der Waals surface area contributed by atoms with Crippen molar-refractivity contribution < 1.29 is 9.84 Å². The number of hydrogen-bond acceptors (Lipinski definition) is 3. The van der Waals surface area contributed by atoms with Gasteiger partial charge in [-0.3, -0.25) is 4.90 Å². The molecule has 1 N–H and O–H groups in total. The summed E-state index contributed by atoms with van der Waals surface area (Å²) in [6, 6.07) is 10.3. The van der Waals surface area contributed by atoms with Gasteiger partial charge in [-0.15, -0.1) is 0 Å². The zero-order valence-corrected chi connectivity index (χ0v) is 11.3. The van der Waals surface area contributed by atoms with Crippen LogP contribution in [0.3, 0.4) is 0 Å². The van der Waals surface area contributed by atoms with Crippen molar-refractivity contribution in [2.24, 2.45) is 0 Å². The van der Waals surface area contributed by atoms with Crippen molar-refractivity contribution in [1.82, 2.24) is 4.90 Å². The van der Waals surface area contributed by atoms with Gasteiger partial charge in [-0.25, -0.2) is 0 Å². The Morgan fingerprint density at radius 3 is 2.67 bits per heavy atom. The van der Waals surface area contributed by atoms with E-state index < -0.39 is 0 Å². The smallest absolute Gasteiger partial charge is 0.0710 e. The molecule has 1 saturated heterocycles. The Bertz CT molecular complexity index is 368. The number of benzene rings is 1. The predicted molar refractivity (Wildman–Crippen MR) is 72.7 cm³/mol. The molecule has 1 fully saturated rings. The maximum absolute atomic E-state index is 9.76. The van der Waals surface area contributed by atoms with E-state index in [1.807, 2.05) is 18.2 Å². The molecule has 0 spiro atoms. The van der Waals surface area contributed by atoms with Gasteiger partial charge in [0.1, 0.15) is 0 Å². The summed E-state index contributed by atoms with van der Waals surface area (Å²) in [7, 11) is 1.77. The van der Waals surface area contributed by atoms with Gasteiger partial charge < -0.3 is 9.84 Å². The fourth-order valence-electron chi connectivity index (χ4n) is 2.70. The molecule has 0 radical (unpaired) electrons. The van der Waals surface area contributed by atoms with Gasteiger partial charge in [0.2, 0.25) is 0 Å². The van der Waals surface area contributed by atoms with E-state index in [0.717, 1.165) is 26.1 Å². The summed E-state index contributed by atoms with van der Waals surface area (Å²) in [4.78, 5) is 2.39. The van der Waals surface area contributed by atoms with Gasteiger partial charge >= 0.3 is 0 Å². The first-order valence-corrected chi connectivity index (χ1v) is 6.59. The molecule has 1 aliphatic rings. The number of methoxy groups -OCH3 is 1. The minimum Gasteiger partial charge on any atom is -0.395 e. The van der Waals surface area contributed by atoms with Gasteiger partial charge in [0.25, 0.3) is 0 Å². The van der Waals surface area contributed by atoms with Crippen LogP contribution in [-0.4, -0.2) is 49.5 Å². The Morgan fingerprint density at radius 1 is 1.39 bits per heavy atom. The lowest BCUT2D eigenvalue weighted by Crippen LogP contribution is -2.41. The van der Waals surface area contributed by atoms with Crippen LogP contribution in [0.25, 0.3) is 0 Å². The summed E-state index contributed by atoms with van der Waals surface area (Å²) >= 11 is 0. The molecule has 18 heavy (non-hydrogen) atoms. The maximum Gasteiger partial charge on any atom is 0.0710 e. The van der Waals surface area contributed by atoms with E-state index >= 15 is 0 Å². The van der Waals surface area contributed by atoms with E-state index in [0.29, 0.717) is 6.10 Å². The summed E-state index contributed by atoms with van der Waals surface area (Å²) in [5.41, 5.74) is 1.01. The van der Waals surface area contributed by atoms with Gasteiger partial charge in [0.15, 0.2) is 0 Å².